The predicted octanol–water partition coefficient (Wildman–Crippen LogP) is 5.62. The molecule has 0 fully saturated rings. The number of hydrogen-bond donors (Lipinski definition) is 1. The Kier molecular flexibility index (Phi) is 4.83. The summed E-state index contributed by atoms with van der Waals surface area (Å²) in [6.45, 7) is 4.48. The van der Waals surface area contributed by atoms with Gasteiger partial charge in [-0.2, -0.15) is 0 Å². The topological polar surface area (TPSA) is 34.0 Å². The van der Waals surface area contributed by atoms with Crippen LogP contribution in [-0.2, 0) is 6.54 Å². The van der Waals surface area contributed by atoms with Gasteiger partial charge in [-0.05, 0) is 78.4 Å². The number of aryl methyl sites for hydroxylation is 2. The molecule has 0 saturated carbocycles. The fourth-order valence-electron chi connectivity index (χ4n) is 2.89. The summed E-state index contributed by atoms with van der Waals surface area (Å²) >= 11 is 8.11. The van der Waals surface area contributed by atoms with Crippen LogP contribution in [0, 0.1) is 16.3 Å². The van der Waals surface area contributed by atoms with E-state index < -0.39 is 5.82 Å². The molecule has 24 heavy (non-hydrogen) atoms. The van der Waals surface area contributed by atoms with E-state index in [4.69, 9.17) is 11.6 Å². The van der Waals surface area contributed by atoms with Crippen molar-refractivity contribution in [1.29, 1.82) is 0 Å². The first-order chi connectivity index (χ1) is 11.4. The molecule has 1 N–H and O–H groups in total. The maximum absolute atomic E-state index is 14.0. The average Bonchev–Trinajstić information content (AvgIpc) is 2.82. The van der Waals surface area contributed by atoms with Gasteiger partial charge in [0.15, 0.2) is 0 Å². The van der Waals surface area contributed by atoms with Gasteiger partial charge in [0.05, 0.1) is 5.69 Å². The Morgan fingerprint density at radius 3 is 2.71 bits per heavy atom. The van der Waals surface area contributed by atoms with Gasteiger partial charge in [-0.3, -0.25) is 4.79 Å². The normalized spacial score (nSPS) is 11.0. The number of carbonyl (C=O) groups is 1. The van der Waals surface area contributed by atoms with Crippen LogP contribution in [0.5, 0.6) is 0 Å². The molecule has 6 heteroatoms. The maximum atomic E-state index is 14.0. The van der Waals surface area contributed by atoms with Crippen LogP contribution in [0.25, 0.3) is 10.9 Å². The van der Waals surface area contributed by atoms with Gasteiger partial charge in [-0.15, -0.1) is 0 Å². The number of benzene rings is 2. The van der Waals surface area contributed by atoms with Crippen molar-refractivity contribution in [1.82, 2.24) is 4.57 Å². The van der Waals surface area contributed by atoms with E-state index in [9.17, 15) is 9.18 Å². The Morgan fingerprint density at radius 2 is 2.04 bits per heavy atom. The molecular weight excluding hydrogens is 442 g/mol. The van der Waals surface area contributed by atoms with Crippen LogP contribution in [0.15, 0.2) is 36.4 Å². The summed E-state index contributed by atoms with van der Waals surface area (Å²) in [7, 11) is 0. The lowest BCUT2D eigenvalue weighted by atomic mass is 10.1. The zero-order valence-electron chi connectivity index (χ0n) is 13.2. The summed E-state index contributed by atoms with van der Waals surface area (Å²) < 4.78 is 16.7. The lowest BCUT2D eigenvalue weighted by molar-refractivity contribution is 0.101. The monoisotopic (exact) mass is 456 g/mol. The fraction of sp³-hybridized carbons (Fsp3) is 0.167. The third-order valence-corrected chi connectivity index (χ3v) is 4.90. The van der Waals surface area contributed by atoms with Gasteiger partial charge in [0, 0.05) is 26.0 Å². The minimum absolute atomic E-state index is 0.172. The van der Waals surface area contributed by atoms with Crippen LogP contribution >= 0.6 is 34.2 Å². The van der Waals surface area contributed by atoms with Gasteiger partial charge >= 0.3 is 0 Å². The molecule has 0 radical (unpaired) electrons. The molecule has 1 aromatic heterocycles. The molecule has 0 unspecified atom stereocenters. The highest BCUT2D eigenvalue weighted by Crippen LogP contribution is 2.29. The summed E-state index contributed by atoms with van der Waals surface area (Å²) in [6, 6.07) is 10.3. The highest BCUT2D eigenvalue weighted by atomic mass is 127. The molecule has 0 aliphatic carbocycles. The average molecular weight is 457 g/mol. The number of aromatic nitrogens is 1. The second-order valence-electron chi connectivity index (χ2n) is 5.46. The first-order valence-corrected chi connectivity index (χ1v) is 8.92. The van der Waals surface area contributed by atoms with E-state index in [1.54, 1.807) is 18.2 Å². The van der Waals surface area contributed by atoms with Gasteiger partial charge < -0.3 is 9.88 Å². The minimum atomic E-state index is -0.449. The highest BCUT2D eigenvalue weighted by Gasteiger charge is 2.20. The van der Waals surface area contributed by atoms with E-state index >= 15 is 0 Å². The molecule has 2 aromatic carbocycles. The van der Waals surface area contributed by atoms with Crippen molar-refractivity contribution in [3.05, 3.63) is 62.1 Å². The smallest absolute Gasteiger partial charge is 0.272 e. The molecule has 3 aromatic rings. The van der Waals surface area contributed by atoms with E-state index in [2.05, 4.69) is 5.32 Å². The lowest BCUT2D eigenvalue weighted by Gasteiger charge is -2.10. The first-order valence-electron chi connectivity index (χ1n) is 7.47. The number of rotatable bonds is 3. The molecule has 3 rings (SSSR count). The Bertz CT molecular complexity index is 952. The quantitative estimate of drug-likeness (QED) is 0.510. The van der Waals surface area contributed by atoms with Crippen molar-refractivity contribution in [3.63, 3.8) is 0 Å². The predicted molar refractivity (Wildman–Crippen MR) is 104 cm³/mol. The summed E-state index contributed by atoms with van der Waals surface area (Å²) in [5.74, 6) is -0.781. The zero-order valence-corrected chi connectivity index (χ0v) is 16.1. The number of nitrogens with zero attached hydrogens (tertiary/aromatic N) is 1. The number of halogens is 3. The third-order valence-electron chi connectivity index (χ3n) is 3.99. The van der Waals surface area contributed by atoms with Crippen LogP contribution in [-0.4, -0.2) is 10.5 Å². The molecule has 0 atom stereocenters. The lowest BCUT2D eigenvalue weighted by Crippen LogP contribution is -2.18. The van der Waals surface area contributed by atoms with Crippen molar-refractivity contribution in [2.24, 2.45) is 0 Å². The summed E-state index contributed by atoms with van der Waals surface area (Å²) in [4.78, 5) is 12.8. The highest BCUT2D eigenvalue weighted by molar-refractivity contribution is 14.1. The van der Waals surface area contributed by atoms with E-state index in [0.29, 0.717) is 17.3 Å². The fourth-order valence-corrected chi connectivity index (χ4v) is 3.51. The number of hydrogen-bond acceptors (Lipinski definition) is 1. The maximum Gasteiger partial charge on any atom is 0.272 e. The number of nitrogens with one attached hydrogen (secondary N) is 1. The molecule has 3 nitrogen and oxygen atoms in total. The van der Waals surface area contributed by atoms with Crippen molar-refractivity contribution in [2.45, 2.75) is 20.4 Å². The van der Waals surface area contributed by atoms with E-state index in [1.807, 2.05) is 53.1 Å². The Hall–Kier alpha value is -1.60. The van der Waals surface area contributed by atoms with Crippen molar-refractivity contribution < 1.29 is 9.18 Å². The Labute approximate surface area is 157 Å². The largest absolute Gasteiger partial charge is 0.337 e. The molecule has 1 heterocycles. The number of anilines is 1. The SMILES string of the molecule is CCn1c(C(=O)Nc2ccc(I)cc2F)c(C)c2cc(Cl)ccc21. The van der Waals surface area contributed by atoms with Gasteiger partial charge in [-0.25, -0.2) is 4.39 Å². The second kappa shape index (κ2) is 6.72. The van der Waals surface area contributed by atoms with Gasteiger partial charge in [0.1, 0.15) is 11.5 Å². The van der Waals surface area contributed by atoms with E-state index in [0.717, 1.165) is 20.0 Å². The summed E-state index contributed by atoms with van der Waals surface area (Å²) in [5, 5.41) is 4.22. The third kappa shape index (κ3) is 3.02. The van der Waals surface area contributed by atoms with Gasteiger partial charge in [0.2, 0.25) is 0 Å². The summed E-state index contributed by atoms with van der Waals surface area (Å²) in [5.41, 5.74) is 2.46. The van der Waals surface area contributed by atoms with E-state index in [-0.39, 0.29) is 11.6 Å². The van der Waals surface area contributed by atoms with Crippen LogP contribution in [0.3, 0.4) is 0 Å². The first kappa shape index (κ1) is 17.2. The number of fused-ring (bicyclic) bond motifs is 1. The number of amides is 1. The Balaban J connectivity index is 2.08. The molecule has 0 bridgehead atoms. The van der Waals surface area contributed by atoms with Gasteiger partial charge in [-0.1, -0.05) is 11.6 Å². The van der Waals surface area contributed by atoms with Crippen molar-refractivity contribution in [2.75, 3.05) is 5.32 Å². The molecule has 124 valence electrons. The molecular formula is C18H15ClFIN2O. The molecule has 0 spiro atoms. The zero-order chi connectivity index (χ0) is 17.4. The van der Waals surface area contributed by atoms with Crippen molar-refractivity contribution in [3.8, 4) is 0 Å². The van der Waals surface area contributed by atoms with Crippen molar-refractivity contribution >= 4 is 56.7 Å². The molecule has 1 amide bonds. The molecule has 0 aliphatic heterocycles. The van der Waals surface area contributed by atoms with Crippen LogP contribution < -0.4 is 5.32 Å². The standard InChI is InChI=1S/C18H15ClFIN2O/c1-3-23-16-7-4-11(19)8-13(16)10(2)17(23)18(24)22-15-6-5-12(21)9-14(15)20/h4-9H,3H2,1-2H3,(H,22,24). The van der Waals surface area contributed by atoms with E-state index in [1.165, 1.54) is 6.07 Å². The summed E-state index contributed by atoms with van der Waals surface area (Å²) in [6.07, 6.45) is 0. The molecule has 0 saturated heterocycles. The van der Waals surface area contributed by atoms with Crippen LogP contribution in [0.1, 0.15) is 23.0 Å². The van der Waals surface area contributed by atoms with Crippen LogP contribution in [0.2, 0.25) is 5.02 Å². The molecule has 0 aliphatic rings. The number of carbonyl (C=O) groups excluding carboxylic acids is 1. The minimum Gasteiger partial charge on any atom is -0.337 e. The Morgan fingerprint density at radius 1 is 1.29 bits per heavy atom. The van der Waals surface area contributed by atoms with Crippen LogP contribution in [0.4, 0.5) is 10.1 Å². The second-order valence-corrected chi connectivity index (χ2v) is 7.14. The van der Waals surface area contributed by atoms with Gasteiger partial charge in [0.25, 0.3) is 5.91 Å².